The molecule has 5 nitrogen and oxygen atoms in total. The zero-order valence-electron chi connectivity index (χ0n) is 14.5. The number of rotatable bonds is 4. The molecule has 0 bridgehead atoms. The van der Waals surface area contributed by atoms with Gasteiger partial charge in [0.25, 0.3) is 5.91 Å². The van der Waals surface area contributed by atoms with Crippen LogP contribution in [0.15, 0.2) is 54.9 Å². The van der Waals surface area contributed by atoms with Crippen LogP contribution in [0.2, 0.25) is 0 Å². The predicted molar refractivity (Wildman–Crippen MR) is 100 cm³/mol. The molecule has 0 aliphatic heterocycles. The maximum absolute atomic E-state index is 12.4. The number of hydrogen-bond donors (Lipinski definition) is 2. The maximum Gasteiger partial charge on any atom is 0.258 e. The van der Waals surface area contributed by atoms with Crippen molar-refractivity contribution >= 4 is 23.2 Å². The van der Waals surface area contributed by atoms with Crippen LogP contribution in [0.1, 0.15) is 27.0 Å². The highest BCUT2D eigenvalue weighted by Gasteiger charge is 2.09. The van der Waals surface area contributed by atoms with Gasteiger partial charge in [0, 0.05) is 23.8 Å². The topological polar surface area (TPSA) is 66.9 Å². The molecular weight excluding hydrogens is 312 g/mol. The zero-order valence-corrected chi connectivity index (χ0v) is 14.5. The van der Waals surface area contributed by atoms with Crippen molar-refractivity contribution in [3.63, 3.8) is 0 Å². The molecule has 126 valence electrons. The van der Waals surface area contributed by atoms with E-state index in [4.69, 9.17) is 0 Å². The lowest BCUT2D eigenvalue weighted by molar-refractivity contribution is 0.102. The standard InChI is InChI=1S/C20H20N4O/c1-13-5-4-6-17(9-13)23-20-21-11-16(12-22-20)19(25)24-18-10-14(2)7-8-15(18)3/h4-12H,1-3H3,(H,24,25)(H,21,22,23). The van der Waals surface area contributed by atoms with Crippen molar-refractivity contribution in [3.05, 3.63) is 77.1 Å². The Bertz CT molecular complexity index is 904. The van der Waals surface area contributed by atoms with Crippen LogP contribution in [0.25, 0.3) is 0 Å². The molecule has 0 saturated heterocycles. The number of amides is 1. The van der Waals surface area contributed by atoms with Gasteiger partial charge in [0.2, 0.25) is 5.95 Å². The van der Waals surface area contributed by atoms with E-state index in [9.17, 15) is 4.79 Å². The minimum absolute atomic E-state index is 0.226. The lowest BCUT2D eigenvalue weighted by Crippen LogP contribution is -2.14. The van der Waals surface area contributed by atoms with Gasteiger partial charge in [0.05, 0.1) is 5.56 Å². The van der Waals surface area contributed by atoms with Crippen molar-refractivity contribution < 1.29 is 4.79 Å². The molecule has 25 heavy (non-hydrogen) atoms. The van der Waals surface area contributed by atoms with Crippen molar-refractivity contribution in [2.24, 2.45) is 0 Å². The van der Waals surface area contributed by atoms with E-state index in [1.165, 1.54) is 12.4 Å². The van der Waals surface area contributed by atoms with Gasteiger partial charge in [-0.1, -0.05) is 24.3 Å². The lowest BCUT2D eigenvalue weighted by Gasteiger charge is -2.10. The summed E-state index contributed by atoms with van der Waals surface area (Å²) in [6.45, 7) is 5.97. The van der Waals surface area contributed by atoms with Crippen LogP contribution in [0, 0.1) is 20.8 Å². The number of aromatic nitrogens is 2. The molecule has 2 aromatic carbocycles. The Hall–Kier alpha value is -3.21. The van der Waals surface area contributed by atoms with Crippen molar-refractivity contribution in [2.45, 2.75) is 20.8 Å². The Labute approximate surface area is 147 Å². The van der Waals surface area contributed by atoms with Crippen molar-refractivity contribution in [1.82, 2.24) is 9.97 Å². The SMILES string of the molecule is Cc1cccc(Nc2ncc(C(=O)Nc3cc(C)ccc3C)cn2)c1. The molecule has 0 saturated carbocycles. The highest BCUT2D eigenvalue weighted by atomic mass is 16.1. The number of anilines is 3. The van der Waals surface area contributed by atoms with Gasteiger partial charge in [-0.2, -0.15) is 0 Å². The number of carbonyl (C=O) groups excluding carboxylic acids is 1. The predicted octanol–water partition coefficient (Wildman–Crippen LogP) is 4.40. The van der Waals surface area contributed by atoms with E-state index in [0.29, 0.717) is 11.5 Å². The highest BCUT2D eigenvalue weighted by Crippen LogP contribution is 2.18. The molecule has 0 aliphatic carbocycles. The van der Waals surface area contributed by atoms with Crippen LogP contribution in [0.5, 0.6) is 0 Å². The summed E-state index contributed by atoms with van der Waals surface area (Å²) in [6.07, 6.45) is 3.04. The molecule has 0 unspecified atom stereocenters. The minimum Gasteiger partial charge on any atom is -0.324 e. The van der Waals surface area contributed by atoms with Crippen LogP contribution in [-0.4, -0.2) is 15.9 Å². The summed E-state index contributed by atoms with van der Waals surface area (Å²) in [5, 5.41) is 6.03. The first-order valence-corrected chi connectivity index (χ1v) is 8.05. The molecule has 1 amide bonds. The molecule has 3 rings (SSSR count). The second-order valence-corrected chi connectivity index (χ2v) is 6.06. The van der Waals surface area contributed by atoms with Crippen molar-refractivity contribution in [3.8, 4) is 0 Å². The van der Waals surface area contributed by atoms with E-state index >= 15 is 0 Å². The normalized spacial score (nSPS) is 10.4. The summed E-state index contributed by atoms with van der Waals surface area (Å²) in [5.74, 6) is 0.227. The summed E-state index contributed by atoms with van der Waals surface area (Å²) < 4.78 is 0. The van der Waals surface area contributed by atoms with Gasteiger partial charge in [-0.25, -0.2) is 9.97 Å². The summed E-state index contributed by atoms with van der Waals surface area (Å²) in [6, 6.07) is 13.9. The third-order valence-electron chi connectivity index (χ3n) is 3.83. The second kappa shape index (κ2) is 7.13. The molecule has 2 N–H and O–H groups in total. The zero-order chi connectivity index (χ0) is 17.8. The lowest BCUT2D eigenvalue weighted by atomic mass is 10.1. The summed E-state index contributed by atoms with van der Waals surface area (Å²) in [5.41, 5.74) is 5.37. The smallest absolute Gasteiger partial charge is 0.258 e. The molecule has 0 spiro atoms. The maximum atomic E-state index is 12.4. The fourth-order valence-corrected chi connectivity index (χ4v) is 2.43. The Morgan fingerprint density at radius 3 is 2.36 bits per heavy atom. The monoisotopic (exact) mass is 332 g/mol. The van der Waals surface area contributed by atoms with Crippen LogP contribution in [-0.2, 0) is 0 Å². The Balaban J connectivity index is 1.71. The second-order valence-electron chi connectivity index (χ2n) is 6.06. The van der Waals surface area contributed by atoms with E-state index in [2.05, 4.69) is 20.6 Å². The Morgan fingerprint density at radius 1 is 0.920 bits per heavy atom. The third-order valence-corrected chi connectivity index (χ3v) is 3.83. The molecule has 0 radical (unpaired) electrons. The molecule has 5 heteroatoms. The first-order chi connectivity index (χ1) is 12.0. The first kappa shape index (κ1) is 16.6. The molecule has 0 atom stereocenters. The minimum atomic E-state index is -0.226. The number of hydrogen-bond acceptors (Lipinski definition) is 4. The van der Waals surface area contributed by atoms with Gasteiger partial charge < -0.3 is 10.6 Å². The molecule has 1 aromatic heterocycles. The van der Waals surface area contributed by atoms with Crippen LogP contribution in [0.3, 0.4) is 0 Å². The molecule has 3 aromatic rings. The fourth-order valence-electron chi connectivity index (χ4n) is 2.43. The number of nitrogens with one attached hydrogen (secondary N) is 2. The number of benzene rings is 2. The van der Waals surface area contributed by atoms with Crippen LogP contribution < -0.4 is 10.6 Å². The van der Waals surface area contributed by atoms with Gasteiger partial charge in [-0.15, -0.1) is 0 Å². The summed E-state index contributed by atoms with van der Waals surface area (Å²) >= 11 is 0. The molecule has 0 fully saturated rings. The third kappa shape index (κ3) is 4.20. The number of nitrogens with zero attached hydrogens (tertiary/aromatic N) is 2. The quantitative estimate of drug-likeness (QED) is 0.743. The highest BCUT2D eigenvalue weighted by molar-refractivity contribution is 6.04. The Kier molecular flexibility index (Phi) is 4.75. The Morgan fingerprint density at radius 2 is 1.64 bits per heavy atom. The number of aryl methyl sites for hydroxylation is 3. The molecule has 1 heterocycles. The summed E-state index contributed by atoms with van der Waals surface area (Å²) in [4.78, 5) is 20.8. The van der Waals surface area contributed by atoms with Crippen LogP contribution >= 0.6 is 0 Å². The first-order valence-electron chi connectivity index (χ1n) is 8.05. The summed E-state index contributed by atoms with van der Waals surface area (Å²) in [7, 11) is 0. The van der Waals surface area contributed by atoms with Crippen LogP contribution in [0.4, 0.5) is 17.3 Å². The molecular formula is C20H20N4O. The molecule has 0 aliphatic rings. The van der Waals surface area contributed by atoms with Gasteiger partial charge >= 0.3 is 0 Å². The van der Waals surface area contributed by atoms with Gasteiger partial charge in [0.15, 0.2) is 0 Å². The van der Waals surface area contributed by atoms with Crippen molar-refractivity contribution in [1.29, 1.82) is 0 Å². The van der Waals surface area contributed by atoms with Gasteiger partial charge in [-0.05, 0) is 55.7 Å². The van der Waals surface area contributed by atoms with Gasteiger partial charge in [-0.3, -0.25) is 4.79 Å². The fraction of sp³-hybridized carbons (Fsp3) is 0.150. The van der Waals surface area contributed by atoms with E-state index in [1.54, 1.807) is 0 Å². The van der Waals surface area contributed by atoms with Gasteiger partial charge in [0.1, 0.15) is 0 Å². The average Bonchev–Trinajstić information content (AvgIpc) is 2.59. The largest absolute Gasteiger partial charge is 0.324 e. The number of carbonyl (C=O) groups is 1. The average molecular weight is 332 g/mol. The van der Waals surface area contributed by atoms with E-state index in [1.807, 2.05) is 63.2 Å². The van der Waals surface area contributed by atoms with E-state index in [-0.39, 0.29) is 5.91 Å². The van der Waals surface area contributed by atoms with E-state index < -0.39 is 0 Å². The van der Waals surface area contributed by atoms with E-state index in [0.717, 1.165) is 28.1 Å². The van der Waals surface area contributed by atoms with Crippen molar-refractivity contribution in [2.75, 3.05) is 10.6 Å².